The molecule has 12 rings (SSSR count). The van der Waals surface area contributed by atoms with Gasteiger partial charge in [-0.15, -0.1) is 0 Å². The number of hydrogen-bond donors (Lipinski definition) is 0. The lowest BCUT2D eigenvalue weighted by Crippen LogP contribution is -2.31. The zero-order chi connectivity index (χ0) is 98.9. The average molecular weight is 1830 g/mol. The molecular weight excluding hydrogens is 1590 g/mol. The molecule has 0 spiro atoms. The van der Waals surface area contributed by atoms with E-state index in [4.69, 9.17) is 0 Å². The molecule has 9 aliphatic rings. The second kappa shape index (κ2) is 64.2. The predicted molar refractivity (Wildman–Crippen MR) is 597 cm³/mol. The van der Waals surface area contributed by atoms with Gasteiger partial charge in [-0.1, -0.05) is 361 Å². The van der Waals surface area contributed by atoms with Crippen LogP contribution in [0.15, 0.2) is 91.0 Å². The molecule has 18 atom stereocenters. The van der Waals surface area contributed by atoms with E-state index in [-0.39, 0.29) is 0 Å². The Morgan fingerprint density at radius 3 is 0.409 bits per heavy atom. The van der Waals surface area contributed by atoms with Crippen molar-refractivity contribution < 1.29 is 0 Å². The largest absolute Gasteiger partial charge is 0.0625 e. The minimum atomic E-state index is 0.835. The lowest BCUT2D eigenvalue weighted by molar-refractivity contribution is 0.113. The average Bonchev–Trinajstić information content (AvgIpc) is 0.803. The van der Waals surface area contributed by atoms with Gasteiger partial charge in [-0.25, -0.2) is 0 Å². The first-order valence-corrected chi connectivity index (χ1v) is 59.2. The molecule has 0 N–H and O–H groups in total. The molecule has 0 saturated heterocycles. The van der Waals surface area contributed by atoms with Crippen molar-refractivity contribution in [2.75, 3.05) is 0 Å². The second-order valence-electron chi connectivity index (χ2n) is 54.1. The molecule has 3 aromatic carbocycles. The topological polar surface area (TPSA) is 0 Å². The third kappa shape index (κ3) is 44.9. The molecule has 768 valence electrons. The maximum absolute atomic E-state index is 2.46. The van der Waals surface area contributed by atoms with E-state index in [9.17, 15) is 0 Å². The predicted octanol–water partition coefficient (Wildman–Crippen LogP) is 42.1. The summed E-state index contributed by atoms with van der Waals surface area (Å²) in [6.45, 7) is 93.4. The summed E-state index contributed by atoms with van der Waals surface area (Å²) in [6, 6.07) is 33.3. The van der Waals surface area contributed by atoms with Crippen LogP contribution >= 0.6 is 0 Å². The Morgan fingerprint density at radius 1 is 0.152 bits per heavy atom. The number of hydrogen-bond acceptors (Lipinski definition) is 0. The van der Waals surface area contributed by atoms with E-state index in [0.29, 0.717) is 0 Å². The fourth-order valence-electron chi connectivity index (χ4n) is 28.5. The molecule has 0 heterocycles. The van der Waals surface area contributed by atoms with Gasteiger partial charge in [-0.3, -0.25) is 0 Å². The summed E-state index contributed by atoms with van der Waals surface area (Å²) >= 11 is 0. The summed E-state index contributed by atoms with van der Waals surface area (Å²) in [5.41, 5.74) is 4.59. The molecule has 132 heavy (non-hydrogen) atoms. The van der Waals surface area contributed by atoms with Crippen molar-refractivity contribution >= 4 is 0 Å². The Hall–Kier alpha value is -2.34. The van der Waals surface area contributed by atoms with Gasteiger partial charge in [0.2, 0.25) is 0 Å². The fraction of sp³-hybridized carbons (Fsp3) is 0.864. The van der Waals surface area contributed by atoms with Gasteiger partial charge in [0.05, 0.1) is 0 Å². The Labute approximate surface area is 832 Å². The van der Waals surface area contributed by atoms with Crippen LogP contribution in [-0.4, -0.2) is 0 Å². The normalized spacial score (nSPS) is 31.2. The first-order valence-electron chi connectivity index (χ1n) is 59.2. The van der Waals surface area contributed by atoms with E-state index in [1.165, 1.54) is 229 Å². The molecule has 0 amide bonds. The second-order valence-corrected chi connectivity index (χ2v) is 54.1. The summed E-state index contributed by atoms with van der Waals surface area (Å²) in [5, 5.41) is 0. The summed E-state index contributed by atoms with van der Waals surface area (Å²) in [6.07, 6.45) is 48.0. The zero-order valence-electron chi connectivity index (χ0n) is 96.7. The van der Waals surface area contributed by atoms with E-state index in [2.05, 4.69) is 361 Å². The number of rotatable bonds is 24. The van der Waals surface area contributed by atoms with Crippen molar-refractivity contribution in [1.29, 1.82) is 0 Å². The Morgan fingerprint density at radius 2 is 0.280 bits per heavy atom. The standard InChI is InChI=1S/3C19H30.3C13H26.3C12H24/c3*1-14(2)17-10-11-19(15(3)4)18(13-17)12-16-8-6-5-7-9-16;3*1-9(2)12-6-7-13(10(3)4)11(5)8-12;3*1-9(2)11-5-7-12(8-6-11)10(3)4/h3*5-9,14-15,17-19H,10-13H2,1-4H3;3*9-13H,6-8H2,1-5H3;3*9-12H,5-8H2,1-4H3/t17-,18-,19+;17-,18-,19-;;11-,12+,13-;11-,12-,13-;;;;/m10.01..../s1. The Balaban J connectivity index is 0.000000313. The van der Waals surface area contributed by atoms with Crippen LogP contribution in [0.25, 0.3) is 0 Å². The lowest BCUT2D eigenvalue weighted by Gasteiger charge is -2.40. The summed E-state index contributed by atoms with van der Waals surface area (Å²) < 4.78 is 0. The zero-order valence-corrected chi connectivity index (χ0v) is 96.7. The molecule has 6 unspecified atom stereocenters. The first kappa shape index (κ1) is 122. The van der Waals surface area contributed by atoms with Crippen molar-refractivity contribution in [1.82, 2.24) is 0 Å². The molecule has 0 aromatic heterocycles. The monoisotopic (exact) mass is 1830 g/mol. The first-order chi connectivity index (χ1) is 62.1. The smallest absolute Gasteiger partial charge is 0.0248 e. The Bertz CT molecular complexity index is 2800. The molecule has 0 bridgehead atoms. The molecule has 9 aliphatic carbocycles. The van der Waals surface area contributed by atoms with Crippen molar-refractivity contribution in [2.24, 2.45) is 249 Å². The molecular formula is C132H240. The highest BCUT2D eigenvalue weighted by molar-refractivity contribution is 5.18. The maximum Gasteiger partial charge on any atom is -0.0248 e. The van der Waals surface area contributed by atoms with Crippen LogP contribution in [0.1, 0.15) is 479 Å². The SMILES string of the molecule is CC(C)C1CCC(C(C)C)C(C)C1.CC(C)C1CCC(C(C)C)C(Cc2ccccc2)C1.CC(C)C1CCC(C(C)C)CC1.CC(C)C1CCC(C(C)C)CC1.CC(C)C1CCC(C(C)C)CC1.CC(C)[C@@H]1CC[C@@H](C(C)C)[C@@H](C)C1.CC(C)[C@@H]1CC[C@@H](C(C)C)[C@H](Cc2ccccc2)C1.CC(C)[C@@H]1CC[C@H](C(C)C)[C@H](C)C1.CC(C)[C@H]1CC[C@@H](C(C)C)[C@@H](Cc2ccccc2)C1. The van der Waals surface area contributed by atoms with Gasteiger partial charge < -0.3 is 0 Å². The molecule has 9 saturated carbocycles. The maximum atomic E-state index is 2.46. The molecule has 0 aliphatic heterocycles. The van der Waals surface area contributed by atoms with Crippen LogP contribution in [0.4, 0.5) is 0 Å². The van der Waals surface area contributed by atoms with Crippen LogP contribution in [0, 0.1) is 249 Å². The van der Waals surface area contributed by atoms with Crippen molar-refractivity contribution in [3.05, 3.63) is 108 Å². The van der Waals surface area contributed by atoms with Gasteiger partial charge in [-0.2, -0.15) is 0 Å². The van der Waals surface area contributed by atoms with Crippen molar-refractivity contribution in [3.63, 3.8) is 0 Å². The van der Waals surface area contributed by atoms with E-state index in [1.54, 1.807) is 0 Å². The summed E-state index contributed by atoms with van der Waals surface area (Å²) in [5.74, 6) is 39.3. The lowest BCUT2D eigenvalue weighted by atomic mass is 9.65. The van der Waals surface area contributed by atoms with Gasteiger partial charge in [0.1, 0.15) is 0 Å². The third-order valence-corrected chi connectivity index (χ3v) is 39.0. The van der Waals surface area contributed by atoms with Gasteiger partial charge in [0, 0.05) is 0 Å². The molecule has 0 nitrogen and oxygen atoms in total. The van der Waals surface area contributed by atoms with Crippen LogP contribution < -0.4 is 0 Å². The third-order valence-electron chi connectivity index (χ3n) is 39.0. The molecule has 0 heteroatoms. The van der Waals surface area contributed by atoms with Gasteiger partial charge in [-0.05, 0) is 477 Å². The molecule has 9 fully saturated rings. The fourth-order valence-corrected chi connectivity index (χ4v) is 28.5. The van der Waals surface area contributed by atoms with Gasteiger partial charge in [0.25, 0.3) is 0 Å². The van der Waals surface area contributed by atoms with Crippen LogP contribution in [-0.2, 0) is 19.3 Å². The van der Waals surface area contributed by atoms with E-state index in [1.807, 2.05) is 0 Å². The van der Waals surface area contributed by atoms with Gasteiger partial charge >= 0.3 is 0 Å². The van der Waals surface area contributed by atoms with Crippen LogP contribution in [0.3, 0.4) is 0 Å². The van der Waals surface area contributed by atoms with E-state index in [0.717, 1.165) is 249 Å². The van der Waals surface area contributed by atoms with Crippen molar-refractivity contribution in [2.45, 2.75) is 482 Å². The van der Waals surface area contributed by atoms with Crippen molar-refractivity contribution in [3.8, 4) is 0 Å². The van der Waals surface area contributed by atoms with E-state index < -0.39 is 0 Å². The summed E-state index contributed by atoms with van der Waals surface area (Å²) in [4.78, 5) is 0. The quantitative estimate of drug-likeness (QED) is 0.0839. The van der Waals surface area contributed by atoms with Crippen LogP contribution in [0.2, 0.25) is 0 Å². The highest BCUT2D eigenvalue weighted by Crippen LogP contribution is 2.49. The van der Waals surface area contributed by atoms with Gasteiger partial charge in [0.15, 0.2) is 0 Å². The highest BCUT2D eigenvalue weighted by Gasteiger charge is 2.39. The number of benzene rings is 3. The molecule has 3 aromatic rings. The minimum Gasteiger partial charge on any atom is -0.0625 e. The van der Waals surface area contributed by atoms with Crippen LogP contribution in [0.5, 0.6) is 0 Å². The molecule has 0 radical (unpaired) electrons. The summed E-state index contributed by atoms with van der Waals surface area (Å²) in [7, 11) is 0. The Kier molecular flexibility index (Phi) is 59.4. The van der Waals surface area contributed by atoms with E-state index >= 15 is 0 Å². The highest BCUT2D eigenvalue weighted by atomic mass is 14.4. The minimum absolute atomic E-state index is 0.835.